The molecular weight excluding hydrogens is 290 g/mol. The molecule has 7 heteroatoms. The van der Waals surface area contributed by atoms with Gasteiger partial charge in [-0.2, -0.15) is 4.31 Å². The zero-order valence-corrected chi connectivity index (χ0v) is 12.9. The van der Waals surface area contributed by atoms with Crippen LogP contribution in [-0.2, 0) is 14.8 Å². The second kappa shape index (κ2) is 6.55. The highest BCUT2D eigenvalue weighted by molar-refractivity contribution is 7.89. The molecule has 1 aromatic carbocycles. The van der Waals surface area contributed by atoms with Crippen LogP contribution in [0, 0.1) is 0 Å². The van der Waals surface area contributed by atoms with Crippen molar-refractivity contribution in [3.8, 4) is 0 Å². The molecular formula is C14H21N3O3S. The van der Waals surface area contributed by atoms with E-state index in [9.17, 15) is 13.2 Å². The summed E-state index contributed by atoms with van der Waals surface area (Å²) in [5.74, 6) is -0.266. The minimum atomic E-state index is -3.67. The first-order valence-corrected chi connectivity index (χ1v) is 8.51. The van der Waals surface area contributed by atoms with Crippen molar-refractivity contribution in [2.45, 2.75) is 30.7 Å². The van der Waals surface area contributed by atoms with E-state index in [0.29, 0.717) is 19.5 Å². The van der Waals surface area contributed by atoms with Crippen molar-refractivity contribution in [3.05, 3.63) is 29.8 Å². The number of sulfonamides is 1. The number of hydrogen-bond donors (Lipinski definition) is 2. The van der Waals surface area contributed by atoms with E-state index in [1.165, 1.54) is 4.31 Å². The predicted octanol–water partition coefficient (Wildman–Crippen LogP) is 0.607. The molecule has 1 atom stereocenters. The largest absolute Gasteiger partial charge is 0.355 e. The van der Waals surface area contributed by atoms with Gasteiger partial charge in [0.05, 0.1) is 11.4 Å². The average molecular weight is 311 g/mol. The van der Waals surface area contributed by atoms with Crippen molar-refractivity contribution in [3.63, 3.8) is 0 Å². The highest BCUT2D eigenvalue weighted by Gasteiger charge is 2.28. The van der Waals surface area contributed by atoms with Crippen molar-refractivity contribution < 1.29 is 13.2 Å². The molecule has 1 aromatic rings. The third kappa shape index (κ3) is 3.61. The lowest BCUT2D eigenvalue weighted by atomic mass is 10.1. The first kappa shape index (κ1) is 15.9. The van der Waals surface area contributed by atoms with E-state index in [4.69, 9.17) is 5.73 Å². The van der Waals surface area contributed by atoms with Gasteiger partial charge >= 0.3 is 0 Å². The van der Waals surface area contributed by atoms with E-state index in [1.54, 1.807) is 18.2 Å². The van der Waals surface area contributed by atoms with Gasteiger partial charge in [0.25, 0.3) is 0 Å². The smallest absolute Gasteiger partial charge is 0.243 e. The van der Waals surface area contributed by atoms with Crippen LogP contribution in [-0.4, -0.2) is 38.3 Å². The maximum Gasteiger partial charge on any atom is 0.243 e. The van der Waals surface area contributed by atoms with Crippen molar-refractivity contribution >= 4 is 15.9 Å². The SMILES string of the molecule is CCC(N)c1cccc(S(=O)(=O)N2CCCNC(=O)C2)c1. The van der Waals surface area contributed by atoms with Crippen LogP contribution in [0.5, 0.6) is 0 Å². The standard InChI is InChI=1S/C14H21N3O3S/c1-2-13(15)11-5-3-6-12(9-11)21(19,20)17-8-4-7-16-14(18)10-17/h3,5-6,9,13H,2,4,7-8,10,15H2,1H3,(H,16,18). The third-order valence-corrected chi connectivity index (χ3v) is 5.43. The Balaban J connectivity index is 2.32. The van der Waals surface area contributed by atoms with Gasteiger partial charge in [-0.25, -0.2) is 8.42 Å². The van der Waals surface area contributed by atoms with Crippen LogP contribution >= 0.6 is 0 Å². The summed E-state index contributed by atoms with van der Waals surface area (Å²) in [7, 11) is -3.67. The summed E-state index contributed by atoms with van der Waals surface area (Å²) in [5.41, 5.74) is 6.75. The summed E-state index contributed by atoms with van der Waals surface area (Å²) >= 11 is 0. The monoisotopic (exact) mass is 311 g/mol. The van der Waals surface area contributed by atoms with Gasteiger partial charge in [-0.15, -0.1) is 0 Å². The van der Waals surface area contributed by atoms with Gasteiger partial charge < -0.3 is 11.1 Å². The van der Waals surface area contributed by atoms with Gasteiger partial charge in [0.2, 0.25) is 15.9 Å². The van der Waals surface area contributed by atoms with E-state index in [2.05, 4.69) is 5.32 Å². The molecule has 3 N–H and O–H groups in total. The summed E-state index contributed by atoms with van der Waals surface area (Å²) in [6.07, 6.45) is 1.34. The number of amides is 1. The topological polar surface area (TPSA) is 92.5 Å². The summed E-state index contributed by atoms with van der Waals surface area (Å²) < 4.78 is 26.5. The average Bonchev–Trinajstić information content (AvgIpc) is 2.71. The van der Waals surface area contributed by atoms with Crippen LogP contribution in [0.15, 0.2) is 29.2 Å². The molecule has 2 rings (SSSR count). The molecule has 1 heterocycles. The number of carbonyl (C=O) groups is 1. The molecule has 0 saturated carbocycles. The molecule has 6 nitrogen and oxygen atoms in total. The number of nitrogens with zero attached hydrogens (tertiary/aromatic N) is 1. The van der Waals surface area contributed by atoms with E-state index in [-0.39, 0.29) is 23.4 Å². The highest BCUT2D eigenvalue weighted by Crippen LogP contribution is 2.21. The maximum absolute atomic E-state index is 12.7. The molecule has 1 unspecified atom stereocenters. The Labute approximate surface area is 125 Å². The predicted molar refractivity (Wildman–Crippen MR) is 80.0 cm³/mol. The van der Waals surface area contributed by atoms with Crippen LogP contribution in [0.25, 0.3) is 0 Å². The lowest BCUT2D eigenvalue weighted by Crippen LogP contribution is -2.37. The van der Waals surface area contributed by atoms with Crippen LogP contribution in [0.4, 0.5) is 0 Å². The first-order chi connectivity index (χ1) is 9.95. The fourth-order valence-electron chi connectivity index (χ4n) is 2.27. The number of nitrogens with two attached hydrogens (primary N) is 1. The van der Waals surface area contributed by atoms with Gasteiger partial charge in [0.1, 0.15) is 0 Å². The molecule has 1 aliphatic heterocycles. The van der Waals surface area contributed by atoms with Crippen molar-refractivity contribution in [1.82, 2.24) is 9.62 Å². The van der Waals surface area contributed by atoms with E-state index in [1.807, 2.05) is 13.0 Å². The molecule has 0 spiro atoms. The molecule has 1 saturated heterocycles. The van der Waals surface area contributed by atoms with Gasteiger partial charge in [-0.05, 0) is 30.5 Å². The molecule has 116 valence electrons. The summed E-state index contributed by atoms with van der Waals surface area (Å²) in [4.78, 5) is 11.7. The molecule has 0 aromatic heterocycles. The Hall–Kier alpha value is -1.44. The second-order valence-electron chi connectivity index (χ2n) is 5.13. The van der Waals surface area contributed by atoms with Crippen molar-refractivity contribution in [2.24, 2.45) is 5.73 Å². The Kier molecular flexibility index (Phi) is 4.97. The minimum absolute atomic E-state index is 0.133. The van der Waals surface area contributed by atoms with Crippen molar-refractivity contribution in [1.29, 1.82) is 0 Å². The number of nitrogens with one attached hydrogen (secondary N) is 1. The summed E-state index contributed by atoms with van der Waals surface area (Å²) in [6, 6.07) is 6.47. The van der Waals surface area contributed by atoms with E-state index < -0.39 is 10.0 Å². The van der Waals surface area contributed by atoms with Crippen LogP contribution < -0.4 is 11.1 Å². The molecule has 0 bridgehead atoms. The lowest BCUT2D eigenvalue weighted by Gasteiger charge is -2.19. The number of rotatable bonds is 4. The summed E-state index contributed by atoms with van der Waals surface area (Å²) in [6.45, 7) is 2.66. The maximum atomic E-state index is 12.7. The minimum Gasteiger partial charge on any atom is -0.355 e. The Morgan fingerprint density at radius 1 is 1.43 bits per heavy atom. The molecule has 1 amide bonds. The molecule has 21 heavy (non-hydrogen) atoms. The Morgan fingerprint density at radius 2 is 2.19 bits per heavy atom. The van der Waals surface area contributed by atoms with Gasteiger partial charge in [-0.3, -0.25) is 4.79 Å². The number of carbonyl (C=O) groups excluding carboxylic acids is 1. The third-order valence-electron chi connectivity index (χ3n) is 3.59. The highest BCUT2D eigenvalue weighted by atomic mass is 32.2. The molecule has 1 aliphatic rings. The quantitative estimate of drug-likeness (QED) is 0.852. The molecule has 1 fully saturated rings. The van der Waals surface area contributed by atoms with E-state index >= 15 is 0 Å². The normalized spacial score (nSPS) is 18.9. The lowest BCUT2D eigenvalue weighted by molar-refractivity contribution is -0.120. The Morgan fingerprint density at radius 3 is 2.90 bits per heavy atom. The summed E-state index contributed by atoms with van der Waals surface area (Å²) in [5, 5.41) is 2.67. The van der Waals surface area contributed by atoms with Crippen LogP contribution in [0.1, 0.15) is 31.4 Å². The van der Waals surface area contributed by atoms with Gasteiger partial charge in [0, 0.05) is 19.1 Å². The zero-order chi connectivity index (χ0) is 15.5. The van der Waals surface area contributed by atoms with Crippen LogP contribution in [0.3, 0.4) is 0 Å². The van der Waals surface area contributed by atoms with Gasteiger partial charge in [0.15, 0.2) is 0 Å². The zero-order valence-electron chi connectivity index (χ0n) is 12.1. The fraction of sp³-hybridized carbons (Fsp3) is 0.500. The second-order valence-corrected chi connectivity index (χ2v) is 7.07. The first-order valence-electron chi connectivity index (χ1n) is 7.07. The Bertz CT molecular complexity index is 616. The van der Waals surface area contributed by atoms with Gasteiger partial charge in [-0.1, -0.05) is 19.1 Å². The van der Waals surface area contributed by atoms with E-state index in [0.717, 1.165) is 12.0 Å². The molecule has 0 aliphatic carbocycles. The molecule has 0 radical (unpaired) electrons. The number of hydrogen-bond acceptors (Lipinski definition) is 4. The number of benzene rings is 1. The van der Waals surface area contributed by atoms with Crippen molar-refractivity contribution in [2.75, 3.05) is 19.6 Å². The van der Waals surface area contributed by atoms with Crippen LogP contribution in [0.2, 0.25) is 0 Å². The fourth-order valence-corrected chi connectivity index (χ4v) is 3.76.